The van der Waals surface area contributed by atoms with Crippen molar-refractivity contribution >= 4 is 40.7 Å². The molecule has 0 N–H and O–H groups in total. The smallest absolute Gasteiger partial charge is 0.247 e. The van der Waals surface area contributed by atoms with Crippen LogP contribution in [0.25, 0.3) is 22.4 Å². The molecule has 1 amide bonds. The van der Waals surface area contributed by atoms with Crippen LogP contribution in [0.5, 0.6) is 0 Å². The summed E-state index contributed by atoms with van der Waals surface area (Å²) in [5.41, 5.74) is 2.41. The van der Waals surface area contributed by atoms with Crippen LogP contribution >= 0.6 is 23.2 Å². The molecule has 30 heavy (non-hydrogen) atoms. The number of hydrogen-bond donors (Lipinski definition) is 0. The largest absolute Gasteiger partial charge is 0.337 e. The number of pyridine rings is 1. The van der Waals surface area contributed by atoms with Gasteiger partial charge in [-0.05, 0) is 42.0 Å². The van der Waals surface area contributed by atoms with Gasteiger partial charge in [0.05, 0.1) is 21.3 Å². The second-order valence-corrected chi connectivity index (χ2v) is 7.20. The van der Waals surface area contributed by atoms with Gasteiger partial charge in [0.1, 0.15) is 11.5 Å². The number of benzene rings is 2. The summed E-state index contributed by atoms with van der Waals surface area (Å²) in [6.45, 7) is 1.39. The summed E-state index contributed by atoms with van der Waals surface area (Å²) in [5, 5.41) is 4.51. The van der Waals surface area contributed by atoms with Gasteiger partial charge in [-0.1, -0.05) is 46.6 Å². The molecule has 2 aromatic heterocycles. The Kier molecular flexibility index (Phi) is 5.53. The number of anilines is 2. The molecule has 8 heteroatoms. The summed E-state index contributed by atoms with van der Waals surface area (Å²) < 4.78 is 19.8. The highest BCUT2D eigenvalue weighted by Gasteiger charge is 2.28. The molecule has 0 atom stereocenters. The van der Waals surface area contributed by atoms with E-state index in [1.807, 2.05) is 0 Å². The molecule has 2 heterocycles. The first-order valence-corrected chi connectivity index (χ1v) is 9.63. The zero-order valence-corrected chi connectivity index (χ0v) is 17.2. The SMILES string of the molecule is CC(=O)N(c1ccccc1Cl)c1onc(-c2ccc(Cl)c(F)c2)c1-c1ccncc1. The number of hydrogen-bond acceptors (Lipinski definition) is 4. The van der Waals surface area contributed by atoms with Crippen molar-refractivity contribution in [3.05, 3.63) is 82.9 Å². The Hall–Kier alpha value is -3.22. The van der Waals surface area contributed by atoms with E-state index in [1.54, 1.807) is 54.9 Å². The van der Waals surface area contributed by atoms with Gasteiger partial charge < -0.3 is 4.52 Å². The Labute approximate surface area is 181 Å². The van der Waals surface area contributed by atoms with Gasteiger partial charge in [0, 0.05) is 24.9 Å². The summed E-state index contributed by atoms with van der Waals surface area (Å²) in [4.78, 5) is 18.0. The maximum Gasteiger partial charge on any atom is 0.247 e. The maximum atomic E-state index is 14.1. The maximum absolute atomic E-state index is 14.1. The van der Waals surface area contributed by atoms with E-state index in [-0.39, 0.29) is 16.8 Å². The number of aromatic nitrogens is 2. The molecule has 2 aromatic carbocycles. The van der Waals surface area contributed by atoms with E-state index < -0.39 is 5.82 Å². The topological polar surface area (TPSA) is 59.2 Å². The number of halogens is 3. The van der Waals surface area contributed by atoms with Gasteiger partial charge in [0.2, 0.25) is 11.8 Å². The second-order valence-electron chi connectivity index (χ2n) is 6.38. The third-order valence-corrected chi connectivity index (χ3v) is 5.07. The number of amides is 1. The summed E-state index contributed by atoms with van der Waals surface area (Å²) in [6.07, 6.45) is 3.21. The van der Waals surface area contributed by atoms with Crippen molar-refractivity contribution in [2.24, 2.45) is 0 Å². The fourth-order valence-corrected chi connectivity index (χ4v) is 3.45. The minimum absolute atomic E-state index is 0.00522. The molecule has 150 valence electrons. The molecule has 0 aliphatic carbocycles. The van der Waals surface area contributed by atoms with Crippen molar-refractivity contribution in [1.29, 1.82) is 0 Å². The van der Waals surface area contributed by atoms with Crippen LogP contribution in [0.2, 0.25) is 10.0 Å². The van der Waals surface area contributed by atoms with Gasteiger partial charge in [-0.3, -0.25) is 9.78 Å². The Balaban J connectivity index is 1.98. The summed E-state index contributed by atoms with van der Waals surface area (Å²) in [5.74, 6) is -0.760. The van der Waals surface area contributed by atoms with E-state index in [9.17, 15) is 9.18 Å². The molecule has 4 rings (SSSR count). The average molecular weight is 442 g/mol. The van der Waals surface area contributed by atoms with E-state index in [2.05, 4.69) is 10.1 Å². The highest BCUT2D eigenvalue weighted by Crippen LogP contribution is 2.43. The molecular formula is C22H14Cl2FN3O2. The normalized spacial score (nSPS) is 10.8. The molecule has 0 saturated heterocycles. The van der Waals surface area contributed by atoms with Gasteiger partial charge in [0.25, 0.3) is 0 Å². The lowest BCUT2D eigenvalue weighted by molar-refractivity contribution is -0.116. The number of carbonyl (C=O) groups is 1. The zero-order chi connectivity index (χ0) is 21.3. The Morgan fingerprint density at radius 3 is 2.40 bits per heavy atom. The Morgan fingerprint density at radius 2 is 1.73 bits per heavy atom. The molecule has 4 aromatic rings. The van der Waals surface area contributed by atoms with E-state index >= 15 is 0 Å². The quantitative estimate of drug-likeness (QED) is 0.360. The highest BCUT2D eigenvalue weighted by atomic mass is 35.5. The fraction of sp³-hybridized carbons (Fsp3) is 0.0455. The number of nitrogens with zero attached hydrogens (tertiary/aromatic N) is 3. The number of rotatable bonds is 4. The lowest BCUT2D eigenvalue weighted by atomic mass is 10.0. The predicted molar refractivity (Wildman–Crippen MR) is 114 cm³/mol. The van der Waals surface area contributed by atoms with Gasteiger partial charge in [-0.2, -0.15) is 0 Å². The van der Waals surface area contributed by atoms with E-state index in [0.717, 1.165) is 0 Å². The van der Waals surface area contributed by atoms with Crippen LogP contribution in [0.4, 0.5) is 16.0 Å². The summed E-state index contributed by atoms with van der Waals surface area (Å²) in [7, 11) is 0. The van der Waals surface area contributed by atoms with E-state index in [0.29, 0.717) is 33.1 Å². The van der Waals surface area contributed by atoms with Crippen molar-refractivity contribution in [1.82, 2.24) is 10.1 Å². The molecule has 0 fully saturated rings. The monoisotopic (exact) mass is 441 g/mol. The fourth-order valence-electron chi connectivity index (χ4n) is 3.11. The van der Waals surface area contributed by atoms with Crippen molar-refractivity contribution in [2.75, 3.05) is 4.90 Å². The van der Waals surface area contributed by atoms with Gasteiger partial charge in [-0.15, -0.1) is 0 Å². The van der Waals surface area contributed by atoms with Crippen LogP contribution in [0.3, 0.4) is 0 Å². The second kappa shape index (κ2) is 8.26. The first-order chi connectivity index (χ1) is 14.5. The van der Waals surface area contributed by atoms with Crippen LogP contribution < -0.4 is 4.90 Å². The first kappa shape index (κ1) is 20.1. The van der Waals surface area contributed by atoms with Gasteiger partial charge >= 0.3 is 0 Å². The highest BCUT2D eigenvalue weighted by molar-refractivity contribution is 6.34. The third-order valence-electron chi connectivity index (χ3n) is 4.45. The van der Waals surface area contributed by atoms with E-state index in [4.69, 9.17) is 27.7 Å². The minimum Gasteiger partial charge on any atom is -0.337 e. The standard InChI is InChI=1S/C22H14Cl2FN3O2/c1-13(29)28(19-5-3-2-4-17(19)24)22-20(14-8-10-26-11-9-14)21(27-30-22)15-6-7-16(23)18(25)12-15/h2-12H,1H3. The summed E-state index contributed by atoms with van der Waals surface area (Å²) >= 11 is 12.2. The van der Waals surface area contributed by atoms with Crippen LogP contribution in [-0.2, 0) is 4.79 Å². The van der Waals surface area contributed by atoms with E-state index in [1.165, 1.54) is 24.0 Å². The molecular weight excluding hydrogens is 428 g/mol. The first-order valence-electron chi connectivity index (χ1n) is 8.88. The van der Waals surface area contributed by atoms with Gasteiger partial charge in [0.15, 0.2) is 0 Å². The molecule has 0 unspecified atom stereocenters. The average Bonchev–Trinajstić information content (AvgIpc) is 3.16. The molecule has 0 bridgehead atoms. The van der Waals surface area contributed by atoms with Crippen molar-refractivity contribution in [3.63, 3.8) is 0 Å². The number of carbonyl (C=O) groups excluding carboxylic acids is 1. The zero-order valence-electron chi connectivity index (χ0n) is 15.6. The lowest BCUT2D eigenvalue weighted by Gasteiger charge is -2.20. The van der Waals surface area contributed by atoms with Crippen molar-refractivity contribution < 1.29 is 13.7 Å². The molecule has 0 aliphatic rings. The van der Waals surface area contributed by atoms with Crippen molar-refractivity contribution in [2.45, 2.75) is 6.92 Å². The Morgan fingerprint density at radius 1 is 1.00 bits per heavy atom. The molecule has 0 radical (unpaired) electrons. The van der Waals surface area contributed by atoms with Crippen LogP contribution in [0, 0.1) is 5.82 Å². The lowest BCUT2D eigenvalue weighted by Crippen LogP contribution is -2.23. The molecule has 5 nitrogen and oxygen atoms in total. The molecule has 0 saturated carbocycles. The summed E-state index contributed by atoms with van der Waals surface area (Å²) in [6, 6.07) is 14.7. The predicted octanol–water partition coefficient (Wildman–Crippen LogP) is 6.53. The number of para-hydroxylation sites is 1. The molecule has 0 aliphatic heterocycles. The minimum atomic E-state index is -0.589. The van der Waals surface area contributed by atoms with Gasteiger partial charge in [-0.25, -0.2) is 9.29 Å². The van der Waals surface area contributed by atoms with Crippen LogP contribution in [0.15, 0.2) is 71.5 Å². The van der Waals surface area contributed by atoms with Crippen molar-refractivity contribution in [3.8, 4) is 22.4 Å². The molecule has 0 spiro atoms. The Bertz CT molecular complexity index is 1230. The van der Waals surface area contributed by atoms with Crippen LogP contribution in [0.1, 0.15) is 6.92 Å². The third kappa shape index (κ3) is 3.67. The van der Waals surface area contributed by atoms with Crippen LogP contribution in [-0.4, -0.2) is 16.0 Å².